The van der Waals surface area contributed by atoms with Crippen LogP contribution in [0.25, 0.3) is 64.6 Å². The van der Waals surface area contributed by atoms with Crippen LogP contribution in [0.3, 0.4) is 0 Å². The van der Waals surface area contributed by atoms with Crippen LogP contribution in [0, 0.1) is 0 Å². The Kier molecular flexibility index (Phi) is 26.8. The normalized spacial score (nSPS) is 20.9. The van der Waals surface area contributed by atoms with Crippen LogP contribution in [-0.4, -0.2) is 162 Å². The molecule has 0 spiro atoms. The molecule has 11 atom stereocenters. The first kappa shape index (κ1) is 101. The van der Waals surface area contributed by atoms with E-state index in [2.05, 4.69) is 229 Å². The van der Waals surface area contributed by atoms with Gasteiger partial charge in [0.2, 0.25) is 6.79 Å². The predicted octanol–water partition coefficient (Wildman–Crippen LogP) is 28.9. The van der Waals surface area contributed by atoms with E-state index in [1.54, 1.807) is 0 Å². The lowest BCUT2D eigenvalue weighted by molar-refractivity contribution is 0.174. The van der Waals surface area contributed by atoms with Gasteiger partial charge in [0.15, 0.2) is 11.5 Å². The zero-order chi connectivity index (χ0) is 101. The molecule has 0 saturated carbocycles. The lowest BCUT2D eigenvalue weighted by Crippen LogP contribution is -2.46. The van der Waals surface area contributed by atoms with Crippen molar-refractivity contribution in [3.63, 3.8) is 0 Å². The van der Waals surface area contributed by atoms with Gasteiger partial charge in [0, 0.05) is 285 Å². The van der Waals surface area contributed by atoms with Crippen molar-refractivity contribution in [2.45, 2.75) is 294 Å². The van der Waals surface area contributed by atoms with Gasteiger partial charge in [0.05, 0.1) is 6.61 Å². The molecule has 0 radical (unpaired) electrons. The Bertz CT molecular complexity index is 6320. The fourth-order valence-corrected chi connectivity index (χ4v) is 26.3. The molecule has 8 N–H and O–H groups in total. The van der Waals surface area contributed by atoms with Crippen molar-refractivity contribution in [1.29, 1.82) is 0 Å². The van der Waals surface area contributed by atoms with Crippen molar-refractivity contribution in [2.24, 2.45) is 0 Å². The second kappa shape index (κ2) is 37.3. The molecule has 11 aliphatic rings. The minimum absolute atomic E-state index is 0.00583. The second-order valence-electron chi connectivity index (χ2n) is 46.6. The molecule has 0 amide bonds. The first-order chi connectivity index (χ1) is 65.9. The third-order valence-electron chi connectivity index (χ3n) is 31.4. The molecule has 0 unspecified atom stereocenters. The average Bonchev–Trinajstić information content (AvgIpc) is 1.59. The summed E-state index contributed by atoms with van der Waals surface area (Å²) in [5.74, 6) is 7.22. The quantitative estimate of drug-likeness (QED) is 0.0733. The highest BCUT2D eigenvalue weighted by Crippen LogP contribution is 2.60. The number of hydrogen-bond acceptors (Lipinski definition) is 17. The number of phenolic OH excluding ortho intramolecular Hbond substituents is 6. The van der Waals surface area contributed by atoms with Crippen LogP contribution >= 0.6 is 69.6 Å². The minimum atomic E-state index is -0.0648. The molecule has 23 rings (SSSR count). The van der Waals surface area contributed by atoms with Crippen molar-refractivity contribution >= 4 is 180 Å². The number of hydrogen-bond donors (Lipinski definition) is 8. The third kappa shape index (κ3) is 17.6. The molecule has 0 saturated heterocycles. The summed E-state index contributed by atoms with van der Waals surface area (Å²) < 4.78 is 17.3. The molecule has 10 heterocycles. The summed E-state index contributed by atoms with van der Waals surface area (Å²) in [5, 5.41) is 83.0. The van der Waals surface area contributed by atoms with Gasteiger partial charge >= 0.3 is 0 Å². The Balaban J connectivity index is 0.000000111. The Morgan fingerprint density at radius 1 is 0.350 bits per heavy atom. The van der Waals surface area contributed by atoms with Gasteiger partial charge in [-0.25, -0.2) is 0 Å². The van der Waals surface area contributed by atoms with E-state index in [1.807, 2.05) is 91.9 Å². The molecule has 0 bridgehead atoms. The molecule has 746 valence electrons. The average molecular weight is 2020 g/mol. The van der Waals surface area contributed by atoms with Gasteiger partial charge in [-0.1, -0.05) is 48.5 Å². The van der Waals surface area contributed by atoms with Crippen LogP contribution in [0.5, 0.6) is 51.7 Å². The van der Waals surface area contributed by atoms with E-state index in [9.17, 15) is 30.6 Å². The largest absolute Gasteiger partial charge is 0.507 e. The SMILES string of the molecule is CC(C)(C)N1C[C@@H](CCl)c2c1cc(O)c1ccc3c(c21)CCN3.C[C@@H](Cl)[C@@H]1CN(C(C)(C)C)c2cc(O)c3ccc4c(c3c21)CCC4.C[C@@H](Cl)[C@@H]1CN(C(C)(C)C)c2cc(O)c3ccc4c(c3c21)CCN4.C[C@@H](Cl)[C@@H]1CN(C(C)(C)C)c2cc(O)c3ccc4c(c3c21)OCC4.C[C@@H](Cl)[C@@H]1CN(C(C)(C)C)c2cc(O)c3ccc4c(c3c21)OCO4.C[C@@H]1[C@@H](CCl)c2c(cc(O)c3ccccc23)N1C(C)(C)C. The molecule has 0 fully saturated rings. The fraction of sp³-hybridized carbons (Fsp3) is 0.487. The van der Waals surface area contributed by atoms with Crippen LogP contribution in [0.4, 0.5) is 45.5 Å². The highest BCUT2D eigenvalue weighted by Gasteiger charge is 2.48. The molecule has 140 heavy (non-hydrogen) atoms. The zero-order valence-electron chi connectivity index (χ0n) is 85.8. The van der Waals surface area contributed by atoms with E-state index in [1.165, 1.54) is 95.3 Å². The molecule has 23 heteroatoms. The number of rotatable bonds is 6. The molecule has 0 aromatic heterocycles. The summed E-state index contributed by atoms with van der Waals surface area (Å²) in [4.78, 5) is 14.3. The Morgan fingerprint density at radius 2 is 0.714 bits per heavy atom. The number of benzene rings is 12. The van der Waals surface area contributed by atoms with Crippen LogP contribution in [-0.2, 0) is 32.1 Å². The Morgan fingerprint density at radius 3 is 1.14 bits per heavy atom. The highest BCUT2D eigenvalue weighted by molar-refractivity contribution is 6.23. The topological polar surface area (TPSA) is 193 Å². The third-order valence-corrected chi connectivity index (χ3v) is 33.4. The van der Waals surface area contributed by atoms with Gasteiger partial charge in [0.1, 0.15) is 40.2 Å². The van der Waals surface area contributed by atoms with E-state index in [0.717, 1.165) is 178 Å². The summed E-state index contributed by atoms with van der Waals surface area (Å²) in [7, 11) is 0. The van der Waals surface area contributed by atoms with Crippen molar-refractivity contribution in [3.8, 4) is 51.7 Å². The maximum atomic E-state index is 10.7. The Labute approximate surface area is 857 Å². The number of nitrogens with one attached hydrogen (secondary N) is 2. The van der Waals surface area contributed by atoms with Gasteiger partial charge in [-0.2, -0.15) is 0 Å². The maximum Gasteiger partial charge on any atom is 0.231 e. The molecule has 12 aromatic rings. The summed E-state index contributed by atoms with van der Waals surface area (Å²) >= 11 is 39.0. The summed E-state index contributed by atoms with van der Waals surface area (Å²) in [6.45, 7) is 57.5. The molecular formula is C117H142Cl6N8O9. The number of phenols is 6. The lowest BCUT2D eigenvalue weighted by Gasteiger charge is -2.39. The molecule has 10 aliphatic heterocycles. The Hall–Kier alpha value is -9.46. The molecule has 1 aliphatic carbocycles. The van der Waals surface area contributed by atoms with Crippen molar-refractivity contribution in [3.05, 3.63) is 183 Å². The minimum Gasteiger partial charge on any atom is -0.507 e. The van der Waals surface area contributed by atoms with Gasteiger partial charge < -0.3 is 84.9 Å². The number of aryl methyl sites for hydroxylation is 2. The molecular weight excluding hydrogens is 1870 g/mol. The first-order valence-electron chi connectivity index (χ1n) is 50.5. The summed E-state index contributed by atoms with van der Waals surface area (Å²) in [6.07, 6.45) is 6.42. The number of alkyl halides is 6. The lowest BCUT2D eigenvalue weighted by atomic mass is 9.88. The van der Waals surface area contributed by atoms with Gasteiger partial charge in [0.25, 0.3) is 0 Å². The van der Waals surface area contributed by atoms with Crippen LogP contribution in [0.2, 0.25) is 0 Å². The molecule has 12 aromatic carbocycles. The summed E-state index contributed by atoms with van der Waals surface area (Å²) in [6, 6.07) is 40.3. The zero-order valence-corrected chi connectivity index (χ0v) is 90.3. The monoisotopic (exact) mass is 2010 g/mol. The van der Waals surface area contributed by atoms with Crippen LogP contribution in [0.15, 0.2) is 121 Å². The second-order valence-corrected chi connectivity index (χ2v) is 50.0. The van der Waals surface area contributed by atoms with E-state index in [4.69, 9.17) is 83.8 Å². The standard InChI is InChI=1S/C21H26ClNO.C20H25ClN2O.C20H24ClNO2.C19H23ClN2O.C19H22ClNO3.C18H22ClNO/c1-12(22)16-11-23(21(2,3)4)17-10-18(24)15-9-8-13-6-5-7-14(13)19(15)20(16)17;1-11(21)14-10-23(20(2,3)4)16-9-17(24)13-5-6-15-12(7-8-22-15)18(13)19(14)16;1-11(21)14-10-22(20(2,3)4)15-9-16(23)13-6-5-12-7-8-24-19(12)18(13)17(14)15;1-19(2,3)22-10-11(9-20)17-15(22)8-16(23)13-4-5-14-12(18(13)17)6-7-21-14;1-10(20)12-8-21(19(2,3)4)13-7-14(22)11-5-6-15-18(24-9-23-15)17(11)16(12)13;1-11-14(10-19)17-13-8-6-5-7-12(13)16(21)9-15(17)20(11)18(2,3)4/h8-10,12,16,24H,5-7,11H2,1-4H3;5-6,9,11,14,22,24H,7-8,10H2,1-4H3;5-6,9,11,14,23H,7-8,10H2,1-4H3;4-5,8,11,21,23H,6-7,9-10H2,1-3H3;5-7,10,12,22H,8-9H2,1-4H3;5-9,11,14,21H,10H2,1-4H3/t12-,16+;2*11-,14+;11-;10-,12+;11-,14-/m111111/s1. The highest BCUT2D eigenvalue weighted by atomic mass is 35.5. The smallest absolute Gasteiger partial charge is 0.231 e. The number of anilines is 8. The van der Waals surface area contributed by atoms with Crippen molar-refractivity contribution in [2.75, 3.05) is 111 Å². The number of fused-ring (bicyclic) bond motifs is 28. The number of halogens is 6. The summed E-state index contributed by atoms with van der Waals surface area (Å²) in [5.41, 5.74) is 23.5. The van der Waals surface area contributed by atoms with Gasteiger partial charge in [-0.3, -0.25) is 0 Å². The number of aromatic hydroxyl groups is 6. The van der Waals surface area contributed by atoms with Gasteiger partial charge in [-0.05, 0) is 310 Å². The van der Waals surface area contributed by atoms with E-state index in [-0.39, 0.29) is 91.0 Å². The van der Waals surface area contributed by atoms with E-state index in [0.29, 0.717) is 65.0 Å². The first-order valence-corrected chi connectivity index (χ1v) is 53.3. The van der Waals surface area contributed by atoms with Gasteiger partial charge in [-0.15, -0.1) is 69.6 Å². The number of nitrogens with zero attached hydrogens (tertiary/aromatic N) is 6. The number of ether oxygens (including phenoxy) is 3. The predicted molar refractivity (Wildman–Crippen MR) is 592 cm³/mol. The van der Waals surface area contributed by atoms with E-state index < -0.39 is 0 Å². The van der Waals surface area contributed by atoms with E-state index >= 15 is 0 Å². The van der Waals surface area contributed by atoms with Crippen LogP contribution in [0.1, 0.15) is 262 Å². The van der Waals surface area contributed by atoms with Crippen molar-refractivity contribution in [1.82, 2.24) is 0 Å². The molecule has 17 nitrogen and oxygen atoms in total. The fourth-order valence-electron chi connectivity index (χ4n) is 24.8. The van der Waals surface area contributed by atoms with Crippen LogP contribution < -0.4 is 54.2 Å². The maximum absolute atomic E-state index is 10.7. The van der Waals surface area contributed by atoms with Crippen molar-refractivity contribution < 1.29 is 44.8 Å².